The van der Waals surface area contributed by atoms with E-state index in [-0.39, 0.29) is 31.2 Å². The number of nitrogens with two attached hydrogens (primary N) is 2. The Labute approximate surface area is 125 Å². The Morgan fingerprint density at radius 2 is 1.85 bits per heavy atom. The molecular formula is C14H21ClN2O3. The first-order valence-corrected chi connectivity index (χ1v) is 6.31. The van der Waals surface area contributed by atoms with Crippen LogP contribution in [0.25, 0.3) is 0 Å². The third-order valence-corrected chi connectivity index (χ3v) is 2.67. The molecule has 1 rings (SSSR count). The molecular weight excluding hydrogens is 280 g/mol. The first-order valence-electron chi connectivity index (χ1n) is 6.31. The molecule has 0 saturated carbocycles. The zero-order valence-corrected chi connectivity index (χ0v) is 12.1. The van der Waals surface area contributed by atoms with Crippen molar-refractivity contribution in [2.24, 2.45) is 11.5 Å². The molecule has 0 radical (unpaired) electrons. The summed E-state index contributed by atoms with van der Waals surface area (Å²) in [5, 5.41) is 0. The van der Waals surface area contributed by atoms with Crippen molar-refractivity contribution in [3.8, 4) is 0 Å². The zero-order valence-electron chi connectivity index (χ0n) is 11.3. The van der Waals surface area contributed by atoms with E-state index >= 15 is 0 Å². The van der Waals surface area contributed by atoms with Crippen LogP contribution in [0.1, 0.15) is 18.4 Å². The van der Waals surface area contributed by atoms with Gasteiger partial charge in [-0.1, -0.05) is 30.3 Å². The molecule has 0 amide bonds. The van der Waals surface area contributed by atoms with E-state index in [1.54, 1.807) is 0 Å². The molecule has 0 saturated heterocycles. The highest BCUT2D eigenvalue weighted by molar-refractivity contribution is 5.87. The van der Waals surface area contributed by atoms with Gasteiger partial charge in [-0.15, -0.1) is 12.4 Å². The summed E-state index contributed by atoms with van der Waals surface area (Å²) in [5.74, 6) is -0.685. The number of halogens is 1. The summed E-state index contributed by atoms with van der Waals surface area (Å²) in [6.45, 7) is 0.161. The lowest BCUT2D eigenvalue weighted by molar-refractivity contribution is -0.148. The van der Waals surface area contributed by atoms with Crippen molar-refractivity contribution < 1.29 is 14.3 Å². The van der Waals surface area contributed by atoms with Gasteiger partial charge in [-0.2, -0.15) is 0 Å². The maximum atomic E-state index is 11.7. The summed E-state index contributed by atoms with van der Waals surface area (Å²) in [6, 6.07) is 8.83. The number of ether oxygens (including phenoxy) is 1. The Balaban J connectivity index is 0.00000361. The quantitative estimate of drug-likeness (QED) is 0.693. The lowest BCUT2D eigenvalue weighted by Crippen LogP contribution is -2.36. The van der Waals surface area contributed by atoms with E-state index in [1.165, 1.54) is 0 Å². The van der Waals surface area contributed by atoms with Crippen LogP contribution < -0.4 is 11.5 Å². The number of carbonyl (C=O) groups is 2. The third kappa shape index (κ3) is 7.23. The van der Waals surface area contributed by atoms with Crippen LogP contribution in [0, 0.1) is 0 Å². The minimum atomic E-state index is -0.648. The van der Waals surface area contributed by atoms with Crippen LogP contribution in [-0.2, 0) is 20.7 Å². The fourth-order valence-corrected chi connectivity index (χ4v) is 1.56. The Kier molecular flexibility index (Phi) is 9.63. The summed E-state index contributed by atoms with van der Waals surface area (Å²) in [6.07, 6.45) is 1.24. The molecule has 0 fully saturated rings. The van der Waals surface area contributed by atoms with Gasteiger partial charge in [0.15, 0.2) is 12.4 Å². The van der Waals surface area contributed by atoms with Crippen LogP contribution in [-0.4, -0.2) is 30.9 Å². The molecule has 0 aliphatic heterocycles. The van der Waals surface area contributed by atoms with Gasteiger partial charge in [0.05, 0.1) is 6.04 Å². The maximum absolute atomic E-state index is 11.7. The van der Waals surface area contributed by atoms with E-state index in [4.69, 9.17) is 16.2 Å². The standard InChI is InChI=1S/C14H20N2O3.ClH/c15-8-4-7-14(18)19-10-13(17)12(16)9-11-5-2-1-3-6-11;/h1-3,5-6,12H,4,7-10,15-16H2;1H/t12-;/m0./s1. The monoisotopic (exact) mass is 300 g/mol. The molecule has 112 valence electrons. The smallest absolute Gasteiger partial charge is 0.306 e. The first-order chi connectivity index (χ1) is 9.13. The predicted octanol–water partition coefficient (Wildman–Crippen LogP) is 0.829. The van der Waals surface area contributed by atoms with Crippen LogP contribution in [0.4, 0.5) is 0 Å². The SMILES string of the molecule is Cl.NCCCC(=O)OCC(=O)[C@@H](N)Cc1ccccc1. The van der Waals surface area contributed by atoms with E-state index < -0.39 is 12.0 Å². The Morgan fingerprint density at radius 3 is 2.45 bits per heavy atom. The molecule has 0 aromatic heterocycles. The van der Waals surface area contributed by atoms with Crippen molar-refractivity contribution in [3.63, 3.8) is 0 Å². The van der Waals surface area contributed by atoms with Gasteiger partial charge < -0.3 is 16.2 Å². The fraction of sp³-hybridized carbons (Fsp3) is 0.429. The van der Waals surface area contributed by atoms with Gasteiger partial charge in [0.25, 0.3) is 0 Å². The average molecular weight is 301 g/mol. The highest BCUT2D eigenvalue weighted by Crippen LogP contribution is 2.03. The highest BCUT2D eigenvalue weighted by Gasteiger charge is 2.16. The molecule has 6 heteroatoms. The minimum Gasteiger partial charge on any atom is -0.458 e. The van der Waals surface area contributed by atoms with Crippen molar-refractivity contribution in [3.05, 3.63) is 35.9 Å². The van der Waals surface area contributed by atoms with Crippen molar-refractivity contribution in [2.75, 3.05) is 13.2 Å². The van der Waals surface area contributed by atoms with Crippen LogP contribution in [0.2, 0.25) is 0 Å². The van der Waals surface area contributed by atoms with Gasteiger partial charge >= 0.3 is 5.97 Å². The number of Topliss-reactive ketones (excluding diaryl/α,β-unsaturated/α-hetero) is 1. The second-order valence-corrected chi connectivity index (χ2v) is 4.32. The molecule has 0 aliphatic rings. The number of hydrogen-bond donors (Lipinski definition) is 2. The van der Waals surface area contributed by atoms with Crippen LogP contribution >= 0.6 is 12.4 Å². The molecule has 1 aromatic carbocycles. The predicted molar refractivity (Wildman–Crippen MR) is 79.6 cm³/mol. The van der Waals surface area contributed by atoms with Gasteiger partial charge in [0.2, 0.25) is 0 Å². The lowest BCUT2D eigenvalue weighted by atomic mass is 10.0. The highest BCUT2D eigenvalue weighted by atomic mass is 35.5. The third-order valence-electron chi connectivity index (χ3n) is 2.67. The zero-order chi connectivity index (χ0) is 14.1. The van der Waals surface area contributed by atoms with E-state index in [2.05, 4.69) is 0 Å². The van der Waals surface area contributed by atoms with Crippen molar-refractivity contribution in [1.29, 1.82) is 0 Å². The van der Waals surface area contributed by atoms with Crippen molar-refractivity contribution in [1.82, 2.24) is 0 Å². The molecule has 1 aromatic rings. The molecule has 20 heavy (non-hydrogen) atoms. The topological polar surface area (TPSA) is 95.4 Å². The van der Waals surface area contributed by atoms with Crippen LogP contribution in [0.15, 0.2) is 30.3 Å². The van der Waals surface area contributed by atoms with Crippen LogP contribution in [0.3, 0.4) is 0 Å². The maximum Gasteiger partial charge on any atom is 0.306 e. The number of hydrogen-bond acceptors (Lipinski definition) is 5. The van der Waals surface area contributed by atoms with E-state index in [0.717, 1.165) is 5.56 Å². The first kappa shape index (κ1) is 18.6. The molecule has 0 aliphatic carbocycles. The van der Waals surface area contributed by atoms with E-state index in [0.29, 0.717) is 19.4 Å². The molecule has 1 atom stereocenters. The minimum absolute atomic E-state index is 0. The molecule has 0 unspecified atom stereocenters. The number of benzene rings is 1. The Bertz CT molecular complexity index is 412. The molecule has 0 heterocycles. The van der Waals surface area contributed by atoms with Gasteiger partial charge in [-0.25, -0.2) is 0 Å². The summed E-state index contributed by atoms with van der Waals surface area (Å²) in [5.41, 5.74) is 12.0. The number of ketones is 1. The van der Waals surface area contributed by atoms with Crippen molar-refractivity contribution in [2.45, 2.75) is 25.3 Å². The largest absolute Gasteiger partial charge is 0.458 e. The summed E-state index contributed by atoms with van der Waals surface area (Å²) in [7, 11) is 0. The lowest BCUT2D eigenvalue weighted by Gasteiger charge is -2.11. The Morgan fingerprint density at radius 1 is 1.20 bits per heavy atom. The normalized spacial score (nSPS) is 11.3. The van der Waals surface area contributed by atoms with Crippen molar-refractivity contribution >= 4 is 24.2 Å². The number of rotatable bonds is 8. The molecule has 0 spiro atoms. The molecule has 5 nitrogen and oxygen atoms in total. The number of carbonyl (C=O) groups excluding carboxylic acids is 2. The summed E-state index contributed by atoms with van der Waals surface area (Å²) < 4.78 is 4.84. The van der Waals surface area contributed by atoms with Gasteiger partial charge in [-0.3, -0.25) is 9.59 Å². The average Bonchev–Trinajstić information content (AvgIpc) is 2.43. The summed E-state index contributed by atoms with van der Waals surface area (Å²) in [4.78, 5) is 22.9. The summed E-state index contributed by atoms with van der Waals surface area (Å²) >= 11 is 0. The van der Waals surface area contributed by atoms with Gasteiger partial charge in [-0.05, 0) is 24.9 Å². The molecule has 4 N–H and O–H groups in total. The second-order valence-electron chi connectivity index (χ2n) is 4.32. The van der Waals surface area contributed by atoms with E-state index in [1.807, 2.05) is 30.3 Å². The van der Waals surface area contributed by atoms with Gasteiger partial charge in [0.1, 0.15) is 0 Å². The number of esters is 1. The van der Waals surface area contributed by atoms with Crippen LogP contribution in [0.5, 0.6) is 0 Å². The fourth-order valence-electron chi connectivity index (χ4n) is 1.56. The van der Waals surface area contributed by atoms with E-state index in [9.17, 15) is 9.59 Å². The second kappa shape index (κ2) is 10.4. The van der Waals surface area contributed by atoms with Gasteiger partial charge in [0, 0.05) is 6.42 Å². The molecule has 0 bridgehead atoms. The Hall–Kier alpha value is -1.43.